The first-order chi connectivity index (χ1) is 7.87. The molecule has 1 unspecified atom stereocenters. The van der Waals surface area contributed by atoms with Gasteiger partial charge >= 0.3 is 0 Å². The van der Waals surface area contributed by atoms with Crippen LogP contribution in [0.1, 0.15) is 58.8 Å². The van der Waals surface area contributed by atoms with Crippen LogP contribution in [-0.4, -0.2) is 30.6 Å². The molecular formula is C13H26O3S. The highest BCUT2D eigenvalue weighted by molar-refractivity contribution is 7.91. The third-order valence-corrected chi connectivity index (χ3v) is 5.85. The zero-order chi connectivity index (χ0) is 12.9. The molecule has 1 aliphatic carbocycles. The Balaban J connectivity index is 2.38. The van der Waals surface area contributed by atoms with Gasteiger partial charge in [-0.2, -0.15) is 0 Å². The fourth-order valence-corrected chi connectivity index (χ4v) is 3.60. The summed E-state index contributed by atoms with van der Waals surface area (Å²) in [5.41, 5.74) is -0.677. The molecule has 102 valence electrons. The molecule has 1 N–H and O–H groups in total. The molecule has 0 aliphatic heterocycles. The van der Waals surface area contributed by atoms with Gasteiger partial charge in [-0.05, 0) is 38.5 Å². The summed E-state index contributed by atoms with van der Waals surface area (Å²) in [6.45, 7) is 3.55. The molecule has 0 aromatic rings. The van der Waals surface area contributed by atoms with E-state index in [2.05, 4.69) is 0 Å². The maximum atomic E-state index is 11.4. The zero-order valence-corrected chi connectivity index (χ0v) is 11.9. The van der Waals surface area contributed by atoms with Crippen LogP contribution in [-0.2, 0) is 9.84 Å². The monoisotopic (exact) mass is 262 g/mol. The van der Waals surface area contributed by atoms with E-state index in [4.69, 9.17) is 0 Å². The lowest BCUT2D eigenvalue weighted by Crippen LogP contribution is -2.36. The standard InChI is InChI=1S/C13H26O3S/c1-3-17(15,16)11-7-10-13(2,14)12-8-5-4-6-9-12/h12,14H,3-11H2,1-2H3. The van der Waals surface area contributed by atoms with Gasteiger partial charge in [-0.3, -0.25) is 0 Å². The molecule has 0 radical (unpaired) electrons. The quantitative estimate of drug-likeness (QED) is 0.800. The first-order valence-corrected chi connectivity index (χ1v) is 8.62. The van der Waals surface area contributed by atoms with Gasteiger partial charge in [0.1, 0.15) is 9.84 Å². The molecular weight excluding hydrogens is 236 g/mol. The third kappa shape index (κ3) is 4.96. The lowest BCUT2D eigenvalue weighted by atomic mass is 9.76. The molecule has 0 saturated heterocycles. The summed E-state index contributed by atoms with van der Waals surface area (Å²) in [6, 6.07) is 0. The summed E-state index contributed by atoms with van der Waals surface area (Å²) in [5, 5.41) is 10.4. The average Bonchev–Trinajstić information content (AvgIpc) is 2.30. The molecule has 1 rings (SSSR count). The van der Waals surface area contributed by atoms with Crippen LogP contribution >= 0.6 is 0 Å². The highest BCUT2D eigenvalue weighted by Crippen LogP contribution is 2.35. The first kappa shape index (κ1) is 15.0. The highest BCUT2D eigenvalue weighted by atomic mass is 32.2. The van der Waals surface area contributed by atoms with Gasteiger partial charge in [0.15, 0.2) is 0 Å². The van der Waals surface area contributed by atoms with Crippen LogP contribution in [0.5, 0.6) is 0 Å². The topological polar surface area (TPSA) is 54.4 Å². The molecule has 1 atom stereocenters. The van der Waals surface area contributed by atoms with Crippen molar-refractivity contribution in [1.29, 1.82) is 0 Å². The Morgan fingerprint density at radius 3 is 2.35 bits per heavy atom. The molecule has 0 amide bonds. The van der Waals surface area contributed by atoms with Crippen molar-refractivity contribution in [3.05, 3.63) is 0 Å². The van der Waals surface area contributed by atoms with E-state index in [9.17, 15) is 13.5 Å². The molecule has 0 aromatic carbocycles. The van der Waals surface area contributed by atoms with E-state index in [-0.39, 0.29) is 11.5 Å². The highest BCUT2D eigenvalue weighted by Gasteiger charge is 2.32. The van der Waals surface area contributed by atoms with E-state index >= 15 is 0 Å². The molecule has 0 spiro atoms. The van der Waals surface area contributed by atoms with Gasteiger partial charge in [0.25, 0.3) is 0 Å². The van der Waals surface area contributed by atoms with Crippen LogP contribution in [0.2, 0.25) is 0 Å². The minimum atomic E-state index is -2.88. The van der Waals surface area contributed by atoms with Gasteiger partial charge in [0.2, 0.25) is 0 Å². The Morgan fingerprint density at radius 2 is 1.82 bits per heavy atom. The van der Waals surface area contributed by atoms with E-state index in [1.807, 2.05) is 6.92 Å². The first-order valence-electron chi connectivity index (χ1n) is 6.80. The second-order valence-corrected chi connectivity index (χ2v) is 8.00. The smallest absolute Gasteiger partial charge is 0.150 e. The van der Waals surface area contributed by atoms with Gasteiger partial charge in [-0.25, -0.2) is 8.42 Å². The maximum absolute atomic E-state index is 11.4. The summed E-state index contributed by atoms with van der Waals surface area (Å²) in [5.74, 6) is 0.783. The maximum Gasteiger partial charge on any atom is 0.150 e. The van der Waals surface area contributed by atoms with Gasteiger partial charge in [0, 0.05) is 5.75 Å². The minimum Gasteiger partial charge on any atom is -0.390 e. The lowest BCUT2D eigenvalue weighted by Gasteiger charge is -2.35. The van der Waals surface area contributed by atoms with Crippen LogP contribution in [0.25, 0.3) is 0 Å². The van der Waals surface area contributed by atoms with Crippen molar-refractivity contribution < 1.29 is 13.5 Å². The fourth-order valence-electron chi connectivity index (χ4n) is 2.72. The Hall–Kier alpha value is -0.0900. The van der Waals surface area contributed by atoms with Crippen LogP contribution in [0.4, 0.5) is 0 Å². The summed E-state index contributed by atoms with van der Waals surface area (Å²) in [4.78, 5) is 0. The van der Waals surface area contributed by atoms with Crippen LogP contribution < -0.4 is 0 Å². The molecule has 17 heavy (non-hydrogen) atoms. The second-order valence-electron chi connectivity index (χ2n) is 5.53. The van der Waals surface area contributed by atoms with Crippen molar-refractivity contribution in [3.8, 4) is 0 Å². The van der Waals surface area contributed by atoms with Crippen molar-refractivity contribution in [3.63, 3.8) is 0 Å². The third-order valence-electron chi connectivity index (χ3n) is 4.06. The summed E-state index contributed by atoms with van der Waals surface area (Å²) < 4.78 is 22.8. The summed E-state index contributed by atoms with van der Waals surface area (Å²) in [7, 11) is -2.88. The van der Waals surface area contributed by atoms with Gasteiger partial charge in [-0.15, -0.1) is 0 Å². The largest absolute Gasteiger partial charge is 0.390 e. The van der Waals surface area contributed by atoms with Crippen LogP contribution in [0.3, 0.4) is 0 Å². The molecule has 1 aliphatic rings. The Labute approximate surface area is 106 Å². The minimum absolute atomic E-state index is 0.207. The molecule has 0 aromatic heterocycles. The van der Waals surface area contributed by atoms with E-state index in [0.29, 0.717) is 18.8 Å². The molecule has 1 fully saturated rings. The number of hydrogen-bond acceptors (Lipinski definition) is 3. The zero-order valence-electron chi connectivity index (χ0n) is 11.1. The van der Waals surface area contributed by atoms with E-state index in [0.717, 1.165) is 12.8 Å². The summed E-state index contributed by atoms with van der Waals surface area (Å²) in [6.07, 6.45) is 7.05. The average molecular weight is 262 g/mol. The number of hydrogen-bond donors (Lipinski definition) is 1. The van der Waals surface area contributed by atoms with E-state index in [1.54, 1.807) is 6.92 Å². The molecule has 3 nitrogen and oxygen atoms in total. The summed E-state index contributed by atoms with van der Waals surface area (Å²) >= 11 is 0. The SMILES string of the molecule is CCS(=O)(=O)CCCC(C)(O)C1CCCCC1. The Kier molecular flexibility index (Phi) is 5.45. The lowest BCUT2D eigenvalue weighted by molar-refractivity contribution is -0.0238. The number of rotatable bonds is 6. The Bertz CT molecular complexity index is 314. The van der Waals surface area contributed by atoms with Gasteiger partial charge in [-0.1, -0.05) is 26.2 Å². The molecule has 4 heteroatoms. The second kappa shape index (κ2) is 6.19. The number of aliphatic hydroxyl groups is 1. The van der Waals surface area contributed by atoms with Crippen LogP contribution in [0, 0.1) is 5.92 Å². The van der Waals surface area contributed by atoms with Gasteiger partial charge < -0.3 is 5.11 Å². The molecule has 0 heterocycles. The molecule has 0 bridgehead atoms. The van der Waals surface area contributed by atoms with Crippen molar-refractivity contribution >= 4 is 9.84 Å². The van der Waals surface area contributed by atoms with Crippen LogP contribution in [0.15, 0.2) is 0 Å². The van der Waals surface area contributed by atoms with Crippen molar-refractivity contribution in [2.75, 3.05) is 11.5 Å². The number of sulfone groups is 1. The van der Waals surface area contributed by atoms with E-state index < -0.39 is 15.4 Å². The van der Waals surface area contributed by atoms with Crippen molar-refractivity contribution in [2.45, 2.75) is 64.4 Å². The van der Waals surface area contributed by atoms with Crippen molar-refractivity contribution in [2.24, 2.45) is 5.92 Å². The fraction of sp³-hybridized carbons (Fsp3) is 1.00. The molecule has 1 saturated carbocycles. The van der Waals surface area contributed by atoms with Gasteiger partial charge in [0.05, 0.1) is 11.4 Å². The predicted octanol–water partition coefficient (Wildman–Crippen LogP) is 2.53. The normalized spacial score (nSPS) is 22.3. The van der Waals surface area contributed by atoms with Crippen molar-refractivity contribution in [1.82, 2.24) is 0 Å². The van der Waals surface area contributed by atoms with E-state index in [1.165, 1.54) is 19.3 Å². The Morgan fingerprint density at radius 1 is 1.24 bits per heavy atom. The predicted molar refractivity (Wildman–Crippen MR) is 70.8 cm³/mol.